The summed E-state index contributed by atoms with van der Waals surface area (Å²) in [5.41, 5.74) is 4.37. The molecule has 0 radical (unpaired) electrons. The summed E-state index contributed by atoms with van der Waals surface area (Å²) in [6.45, 7) is 2.08. The fraction of sp³-hybridized carbons (Fsp3) is 0.429. The number of nitrogens with one attached hydrogen (secondary N) is 2. The molecule has 4 nitrogen and oxygen atoms in total. The molecule has 27 heavy (non-hydrogen) atoms. The van der Waals surface area contributed by atoms with E-state index in [1.807, 2.05) is 12.1 Å². The molecule has 1 unspecified atom stereocenters. The Kier molecular flexibility index (Phi) is 5.64. The Balaban J connectivity index is 1.72. The number of aromatic nitrogens is 1. The van der Waals surface area contributed by atoms with Gasteiger partial charge in [-0.05, 0) is 37.0 Å². The zero-order valence-electron chi connectivity index (χ0n) is 15.4. The molecule has 2 aliphatic rings. The van der Waals surface area contributed by atoms with Gasteiger partial charge in [-0.1, -0.05) is 54.2 Å². The summed E-state index contributed by atoms with van der Waals surface area (Å²) in [6, 6.07) is 7.83. The molecule has 142 valence electrons. The molecule has 1 aliphatic heterocycles. The summed E-state index contributed by atoms with van der Waals surface area (Å²) in [5, 5.41) is 9.34. The lowest BCUT2D eigenvalue weighted by atomic mass is 9.87. The Morgan fingerprint density at radius 1 is 1.19 bits per heavy atom. The molecule has 1 saturated carbocycles. The first-order valence-corrected chi connectivity index (χ1v) is 11.3. The van der Waals surface area contributed by atoms with Crippen LogP contribution in [0.25, 0.3) is 5.57 Å². The number of nitrogens with zero attached hydrogens (tertiary/aromatic N) is 1. The first-order chi connectivity index (χ1) is 13.2. The van der Waals surface area contributed by atoms with E-state index >= 15 is 0 Å². The maximum absolute atomic E-state index is 12.2. The van der Waals surface area contributed by atoms with Crippen molar-refractivity contribution in [3.8, 4) is 0 Å². The van der Waals surface area contributed by atoms with E-state index in [0.717, 1.165) is 32.7 Å². The van der Waals surface area contributed by atoms with Crippen LogP contribution in [0.1, 0.15) is 73.7 Å². The average molecular weight is 446 g/mol. The number of urea groups is 1. The van der Waals surface area contributed by atoms with Gasteiger partial charge in [0, 0.05) is 27.0 Å². The van der Waals surface area contributed by atoms with Crippen LogP contribution in [0.3, 0.4) is 0 Å². The minimum Gasteiger partial charge on any atom is -0.327 e. The largest absolute Gasteiger partial charge is 0.327 e. The molecule has 1 atom stereocenters. The quantitative estimate of drug-likeness (QED) is 0.594. The highest BCUT2D eigenvalue weighted by atomic mass is 79.9. The number of benzene rings is 1. The molecule has 1 aliphatic carbocycles. The van der Waals surface area contributed by atoms with Crippen LogP contribution in [0.15, 0.2) is 39.8 Å². The zero-order valence-corrected chi connectivity index (χ0v) is 17.8. The Hall–Kier alpha value is -1.66. The molecule has 2 aromatic rings. The van der Waals surface area contributed by atoms with Gasteiger partial charge in [0.1, 0.15) is 5.01 Å². The average Bonchev–Trinajstić information content (AvgIpc) is 3.18. The fourth-order valence-corrected chi connectivity index (χ4v) is 5.32. The van der Waals surface area contributed by atoms with Crippen molar-refractivity contribution < 1.29 is 4.79 Å². The van der Waals surface area contributed by atoms with E-state index < -0.39 is 0 Å². The van der Waals surface area contributed by atoms with Crippen LogP contribution in [0, 0.1) is 0 Å². The highest BCUT2D eigenvalue weighted by molar-refractivity contribution is 9.10. The zero-order chi connectivity index (χ0) is 18.8. The summed E-state index contributed by atoms with van der Waals surface area (Å²) in [7, 11) is 0. The van der Waals surface area contributed by atoms with Crippen LogP contribution in [0.4, 0.5) is 4.79 Å². The van der Waals surface area contributed by atoms with Crippen molar-refractivity contribution in [2.24, 2.45) is 0 Å². The number of amides is 2. The monoisotopic (exact) mass is 445 g/mol. The molecule has 6 heteroatoms. The third-order valence-electron chi connectivity index (χ3n) is 5.49. The topological polar surface area (TPSA) is 54.0 Å². The summed E-state index contributed by atoms with van der Waals surface area (Å²) in [5.74, 6) is 0.590. The lowest BCUT2D eigenvalue weighted by Crippen LogP contribution is -2.43. The van der Waals surface area contributed by atoms with E-state index in [-0.39, 0.29) is 12.1 Å². The van der Waals surface area contributed by atoms with Gasteiger partial charge in [0.05, 0.1) is 11.7 Å². The van der Waals surface area contributed by atoms with E-state index in [2.05, 4.69) is 51.0 Å². The molecule has 1 aromatic heterocycles. The van der Waals surface area contributed by atoms with Crippen molar-refractivity contribution >= 4 is 38.9 Å². The van der Waals surface area contributed by atoms with Gasteiger partial charge in [0.15, 0.2) is 0 Å². The standard InChI is InChI=1S/C21H24BrN3OS/c1-2-16-18(20-23-17(12-27-20)13-6-4-3-5-7-13)19(25-21(26)24-16)14-8-10-15(22)11-9-14/h8-13,19H,2-7H2,1H3,(H2,24,25,26). The summed E-state index contributed by atoms with van der Waals surface area (Å²) >= 11 is 5.19. The number of hydrogen-bond donors (Lipinski definition) is 2. The molecule has 0 saturated heterocycles. The van der Waals surface area contributed by atoms with Crippen molar-refractivity contribution in [2.45, 2.75) is 57.4 Å². The van der Waals surface area contributed by atoms with Gasteiger partial charge in [-0.25, -0.2) is 9.78 Å². The maximum atomic E-state index is 12.2. The van der Waals surface area contributed by atoms with Crippen molar-refractivity contribution in [2.75, 3.05) is 0 Å². The van der Waals surface area contributed by atoms with E-state index in [1.165, 1.54) is 37.8 Å². The third-order valence-corrected chi connectivity index (χ3v) is 6.91. The number of allylic oxidation sites excluding steroid dienone is 1. The molecule has 0 bridgehead atoms. The van der Waals surface area contributed by atoms with E-state index in [0.29, 0.717) is 5.92 Å². The Morgan fingerprint density at radius 2 is 1.93 bits per heavy atom. The van der Waals surface area contributed by atoms with Gasteiger partial charge in [-0.3, -0.25) is 0 Å². The van der Waals surface area contributed by atoms with Crippen LogP contribution >= 0.6 is 27.3 Å². The second-order valence-corrected chi connectivity index (χ2v) is 9.02. The van der Waals surface area contributed by atoms with Crippen LogP contribution in [-0.4, -0.2) is 11.0 Å². The lowest BCUT2D eigenvalue weighted by molar-refractivity contribution is 0.240. The molecular formula is C21H24BrN3OS. The van der Waals surface area contributed by atoms with E-state index in [9.17, 15) is 4.79 Å². The Morgan fingerprint density at radius 3 is 2.63 bits per heavy atom. The molecule has 0 spiro atoms. The minimum atomic E-state index is -0.174. The highest BCUT2D eigenvalue weighted by Crippen LogP contribution is 2.39. The van der Waals surface area contributed by atoms with Gasteiger partial charge < -0.3 is 10.6 Å². The van der Waals surface area contributed by atoms with Gasteiger partial charge in [0.25, 0.3) is 0 Å². The van der Waals surface area contributed by atoms with Gasteiger partial charge >= 0.3 is 6.03 Å². The van der Waals surface area contributed by atoms with Gasteiger partial charge in [-0.2, -0.15) is 0 Å². The number of carbonyl (C=O) groups excluding carboxylic acids is 1. The second-order valence-electron chi connectivity index (χ2n) is 7.24. The fourth-order valence-electron chi connectivity index (χ4n) is 4.05. The highest BCUT2D eigenvalue weighted by Gasteiger charge is 2.31. The van der Waals surface area contributed by atoms with Crippen LogP contribution < -0.4 is 10.6 Å². The predicted octanol–water partition coefficient (Wildman–Crippen LogP) is 6.13. The smallest absolute Gasteiger partial charge is 0.319 e. The third kappa shape index (κ3) is 3.97. The second kappa shape index (κ2) is 8.15. The lowest BCUT2D eigenvalue weighted by Gasteiger charge is -2.29. The van der Waals surface area contributed by atoms with E-state index in [4.69, 9.17) is 4.98 Å². The van der Waals surface area contributed by atoms with Crippen molar-refractivity contribution in [3.05, 3.63) is 56.1 Å². The first-order valence-electron chi connectivity index (χ1n) is 9.67. The summed E-state index contributed by atoms with van der Waals surface area (Å²) in [6.07, 6.45) is 7.22. The van der Waals surface area contributed by atoms with Crippen LogP contribution in [0.5, 0.6) is 0 Å². The predicted molar refractivity (Wildman–Crippen MR) is 114 cm³/mol. The molecule has 2 N–H and O–H groups in total. The molecular weight excluding hydrogens is 422 g/mol. The van der Waals surface area contributed by atoms with Gasteiger partial charge in [0.2, 0.25) is 0 Å². The van der Waals surface area contributed by atoms with Gasteiger partial charge in [-0.15, -0.1) is 11.3 Å². The Labute approximate surface area is 172 Å². The van der Waals surface area contributed by atoms with Crippen molar-refractivity contribution in [3.63, 3.8) is 0 Å². The SMILES string of the molecule is CCC1=C(c2nc(C3CCCCC3)cs2)C(c2ccc(Br)cc2)NC(=O)N1. The number of carbonyl (C=O) groups is 1. The van der Waals surface area contributed by atoms with Crippen LogP contribution in [-0.2, 0) is 0 Å². The molecule has 1 aromatic carbocycles. The Bertz CT molecular complexity index is 853. The minimum absolute atomic E-state index is 0.146. The number of thiazole rings is 1. The molecule has 2 heterocycles. The molecule has 1 fully saturated rings. The van der Waals surface area contributed by atoms with Crippen molar-refractivity contribution in [1.29, 1.82) is 0 Å². The van der Waals surface area contributed by atoms with Crippen molar-refractivity contribution in [1.82, 2.24) is 15.6 Å². The molecule has 2 amide bonds. The number of rotatable bonds is 4. The number of hydrogen-bond acceptors (Lipinski definition) is 3. The normalized spacial score (nSPS) is 21.1. The molecule has 4 rings (SSSR count). The van der Waals surface area contributed by atoms with Crippen LogP contribution in [0.2, 0.25) is 0 Å². The maximum Gasteiger partial charge on any atom is 0.319 e. The summed E-state index contributed by atoms with van der Waals surface area (Å²) in [4.78, 5) is 17.3. The van der Waals surface area contributed by atoms with E-state index in [1.54, 1.807) is 11.3 Å². The first kappa shape index (κ1) is 18.7. The number of halogens is 1. The summed E-state index contributed by atoms with van der Waals surface area (Å²) < 4.78 is 1.03.